The van der Waals surface area contributed by atoms with E-state index in [1.54, 1.807) is 49.0 Å². The number of nitro groups is 1. The number of aryl methyl sites for hydroxylation is 1. The minimum absolute atomic E-state index is 0.0339. The smallest absolute Gasteiger partial charge is 0.269 e. The molecule has 0 atom stereocenters. The number of carbonyl (C=O) groups is 2. The molecule has 2 aromatic carbocycles. The summed E-state index contributed by atoms with van der Waals surface area (Å²) in [6, 6.07) is 9.53. The van der Waals surface area contributed by atoms with Crippen molar-refractivity contribution in [3.8, 4) is 11.5 Å². The molecule has 13 heteroatoms. The third-order valence-corrected chi connectivity index (χ3v) is 6.35. The monoisotopic (exact) mass is 552 g/mol. The number of amides is 2. The molecule has 0 saturated heterocycles. The number of rotatable bonds is 13. The predicted octanol–water partition coefficient (Wildman–Crippen LogP) is 3.76. The van der Waals surface area contributed by atoms with Gasteiger partial charge in [0.15, 0.2) is 22.5 Å². The lowest BCUT2D eigenvalue weighted by Crippen LogP contribution is -2.23. The number of methoxy groups -OCH3 is 2. The zero-order valence-electron chi connectivity index (χ0n) is 21.7. The van der Waals surface area contributed by atoms with E-state index in [2.05, 4.69) is 27.4 Å². The van der Waals surface area contributed by atoms with Crippen LogP contribution in [0.4, 0.5) is 11.4 Å². The van der Waals surface area contributed by atoms with Gasteiger partial charge in [-0.3, -0.25) is 19.7 Å². The number of hydrogen-bond acceptors (Lipinski definition) is 9. The van der Waals surface area contributed by atoms with Gasteiger partial charge < -0.3 is 24.7 Å². The summed E-state index contributed by atoms with van der Waals surface area (Å²) >= 11 is 1.17. The van der Waals surface area contributed by atoms with Crippen molar-refractivity contribution in [2.24, 2.45) is 0 Å². The number of nitrogens with zero attached hydrogens (tertiary/aromatic N) is 4. The molecule has 3 aromatic rings. The van der Waals surface area contributed by atoms with E-state index in [0.717, 1.165) is 5.56 Å². The Morgan fingerprint density at radius 2 is 1.92 bits per heavy atom. The number of thioether (sulfide) groups is 1. The van der Waals surface area contributed by atoms with Crippen molar-refractivity contribution in [1.29, 1.82) is 0 Å². The van der Waals surface area contributed by atoms with Crippen molar-refractivity contribution >= 4 is 41.0 Å². The summed E-state index contributed by atoms with van der Waals surface area (Å²) in [5, 5.41) is 25.2. The minimum atomic E-state index is -0.491. The normalized spacial score (nSPS) is 10.7. The zero-order chi connectivity index (χ0) is 28.4. The van der Waals surface area contributed by atoms with Gasteiger partial charge in [0.05, 0.1) is 31.4 Å². The van der Waals surface area contributed by atoms with Crippen molar-refractivity contribution in [2.45, 2.75) is 25.2 Å². The van der Waals surface area contributed by atoms with Crippen LogP contribution >= 0.6 is 11.8 Å². The number of nitro benzene ring substituents is 1. The molecule has 0 aliphatic heterocycles. The molecule has 12 nitrogen and oxygen atoms in total. The Hall–Kier alpha value is -4.65. The van der Waals surface area contributed by atoms with Crippen LogP contribution in [0.25, 0.3) is 6.08 Å². The molecule has 3 rings (SSSR count). The first-order valence-corrected chi connectivity index (χ1v) is 12.6. The Morgan fingerprint density at radius 1 is 1.15 bits per heavy atom. The van der Waals surface area contributed by atoms with E-state index in [-0.39, 0.29) is 29.8 Å². The van der Waals surface area contributed by atoms with Gasteiger partial charge in [-0.25, -0.2) is 0 Å². The molecule has 39 heavy (non-hydrogen) atoms. The average molecular weight is 553 g/mol. The average Bonchev–Trinajstić information content (AvgIpc) is 3.31. The second kappa shape index (κ2) is 13.8. The maximum absolute atomic E-state index is 12.5. The van der Waals surface area contributed by atoms with E-state index in [4.69, 9.17) is 9.47 Å². The number of hydrogen-bond donors (Lipinski definition) is 2. The first-order chi connectivity index (χ1) is 18.7. The summed E-state index contributed by atoms with van der Waals surface area (Å²) in [6.07, 6.45) is 4.71. The van der Waals surface area contributed by atoms with Gasteiger partial charge in [0.25, 0.3) is 5.69 Å². The van der Waals surface area contributed by atoms with Crippen LogP contribution in [-0.2, 0) is 22.7 Å². The van der Waals surface area contributed by atoms with Crippen molar-refractivity contribution in [1.82, 2.24) is 20.1 Å². The number of allylic oxidation sites excluding steroid dienone is 1. The topological polar surface area (TPSA) is 151 Å². The second-order valence-corrected chi connectivity index (χ2v) is 9.00. The maximum atomic E-state index is 12.5. The van der Waals surface area contributed by atoms with Crippen molar-refractivity contribution in [2.75, 3.05) is 25.3 Å². The van der Waals surface area contributed by atoms with Crippen molar-refractivity contribution < 1.29 is 24.0 Å². The fraction of sp³-hybridized carbons (Fsp3) is 0.231. The minimum Gasteiger partial charge on any atom is -0.493 e. The van der Waals surface area contributed by atoms with Gasteiger partial charge in [-0.1, -0.05) is 23.9 Å². The van der Waals surface area contributed by atoms with Gasteiger partial charge >= 0.3 is 0 Å². The van der Waals surface area contributed by atoms with Crippen molar-refractivity contribution in [3.05, 3.63) is 82.2 Å². The molecule has 2 N–H and O–H groups in total. The van der Waals surface area contributed by atoms with Gasteiger partial charge in [-0.2, -0.15) is 0 Å². The molecule has 0 aliphatic carbocycles. The van der Waals surface area contributed by atoms with Gasteiger partial charge in [0, 0.05) is 30.4 Å². The van der Waals surface area contributed by atoms with E-state index in [9.17, 15) is 19.7 Å². The van der Waals surface area contributed by atoms with Crippen molar-refractivity contribution in [3.63, 3.8) is 0 Å². The Labute approximate surface area is 229 Å². The number of carbonyl (C=O) groups excluding carboxylic acids is 2. The van der Waals surface area contributed by atoms with E-state index in [1.165, 1.54) is 43.1 Å². The molecule has 0 fully saturated rings. The number of ether oxygens (including phenoxy) is 2. The number of nitrogens with one attached hydrogen (secondary N) is 2. The summed E-state index contributed by atoms with van der Waals surface area (Å²) in [7, 11) is 3.09. The third-order valence-electron chi connectivity index (χ3n) is 5.39. The summed E-state index contributed by atoms with van der Waals surface area (Å²) in [5.41, 5.74) is 1.78. The van der Waals surface area contributed by atoms with E-state index in [1.807, 2.05) is 0 Å². The zero-order valence-corrected chi connectivity index (χ0v) is 22.5. The van der Waals surface area contributed by atoms with Crippen LogP contribution in [-0.4, -0.2) is 51.5 Å². The van der Waals surface area contributed by atoms with Crippen LogP contribution in [0.1, 0.15) is 17.0 Å². The lowest BCUT2D eigenvalue weighted by atomic mass is 10.2. The lowest BCUT2D eigenvalue weighted by molar-refractivity contribution is -0.384. The molecule has 0 bridgehead atoms. The number of aromatic nitrogens is 3. The SMILES string of the molecule is C=CCn1c(CNC(=O)/C=C/c2ccc(OC)c(OC)c2)nnc1SCC(=O)Nc1ccc([N+](=O)[O-])cc1C. The lowest BCUT2D eigenvalue weighted by Gasteiger charge is -2.09. The first-order valence-electron chi connectivity index (χ1n) is 11.6. The van der Waals surface area contributed by atoms with Gasteiger partial charge in [-0.05, 0) is 42.3 Å². The van der Waals surface area contributed by atoms with E-state index >= 15 is 0 Å². The maximum Gasteiger partial charge on any atom is 0.269 e. The molecule has 0 aliphatic rings. The molecule has 1 aromatic heterocycles. The highest BCUT2D eigenvalue weighted by Gasteiger charge is 2.15. The third kappa shape index (κ3) is 7.92. The molecule has 1 heterocycles. The molecular weight excluding hydrogens is 524 g/mol. The summed E-state index contributed by atoms with van der Waals surface area (Å²) in [5.74, 6) is 1.04. The van der Waals surface area contributed by atoms with Crippen LogP contribution in [0.5, 0.6) is 11.5 Å². The van der Waals surface area contributed by atoms with Crippen LogP contribution in [0.3, 0.4) is 0 Å². The van der Waals surface area contributed by atoms with E-state index < -0.39 is 4.92 Å². The number of non-ortho nitro benzene ring substituents is 1. The highest BCUT2D eigenvalue weighted by Crippen LogP contribution is 2.28. The largest absolute Gasteiger partial charge is 0.493 e. The molecule has 0 saturated carbocycles. The fourth-order valence-electron chi connectivity index (χ4n) is 3.44. The first kappa shape index (κ1) is 28.9. The molecule has 0 spiro atoms. The summed E-state index contributed by atoms with van der Waals surface area (Å²) in [6.45, 7) is 5.93. The number of anilines is 1. The highest BCUT2D eigenvalue weighted by molar-refractivity contribution is 7.99. The summed E-state index contributed by atoms with van der Waals surface area (Å²) < 4.78 is 12.2. The Kier molecular flexibility index (Phi) is 10.2. The quantitative estimate of drug-likeness (QED) is 0.106. The molecule has 2 amide bonds. The van der Waals surface area contributed by atoms with Crippen LogP contribution < -0.4 is 20.1 Å². The Bertz CT molecular complexity index is 1400. The van der Waals surface area contributed by atoms with E-state index in [0.29, 0.717) is 40.3 Å². The summed E-state index contributed by atoms with van der Waals surface area (Å²) in [4.78, 5) is 35.3. The fourth-order valence-corrected chi connectivity index (χ4v) is 4.21. The molecular formula is C26H28N6O6S. The molecule has 204 valence electrons. The van der Waals surface area contributed by atoms with Gasteiger partial charge in [0.1, 0.15) is 0 Å². The van der Waals surface area contributed by atoms with Gasteiger partial charge in [0.2, 0.25) is 11.8 Å². The Morgan fingerprint density at radius 3 is 2.59 bits per heavy atom. The van der Waals surface area contributed by atoms with Crippen LogP contribution in [0, 0.1) is 17.0 Å². The van der Waals surface area contributed by atoms with Crippen LogP contribution in [0.15, 0.2) is 60.3 Å². The van der Waals surface area contributed by atoms with Gasteiger partial charge in [-0.15, -0.1) is 16.8 Å². The molecule has 0 radical (unpaired) electrons. The highest BCUT2D eigenvalue weighted by atomic mass is 32.2. The molecule has 0 unspecified atom stereocenters. The number of benzene rings is 2. The Balaban J connectivity index is 1.58. The second-order valence-electron chi connectivity index (χ2n) is 8.06. The van der Waals surface area contributed by atoms with Crippen LogP contribution in [0.2, 0.25) is 0 Å². The predicted molar refractivity (Wildman–Crippen MR) is 148 cm³/mol. The standard InChI is InChI=1S/C26H28N6O6S/c1-5-12-31-23(15-27-24(33)11-7-18-6-10-21(37-3)22(14-18)38-4)29-30-26(31)39-16-25(34)28-20-9-8-19(32(35)36)13-17(20)2/h5-11,13-14H,1,12,15-16H2,2-4H3,(H,27,33)(H,28,34)/b11-7+.